The molecule has 0 aromatic carbocycles. The Labute approximate surface area is 94.6 Å². The Morgan fingerprint density at radius 1 is 1.44 bits per heavy atom. The monoisotopic (exact) mass is 217 g/mol. The van der Waals surface area contributed by atoms with Gasteiger partial charge in [0.05, 0.1) is 6.20 Å². The average Bonchev–Trinajstić information content (AvgIpc) is 2.77. The third-order valence-electron chi connectivity index (χ3n) is 2.65. The van der Waals surface area contributed by atoms with Crippen molar-refractivity contribution in [3.63, 3.8) is 0 Å². The summed E-state index contributed by atoms with van der Waals surface area (Å²) in [4.78, 5) is 4.01. The lowest BCUT2D eigenvalue weighted by Gasteiger charge is -2.10. The number of aliphatic hydroxyl groups excluding tert-OH is 1. The molecule has 16 heavy (non-hydrogen) atoms. The first-order valence-electron chi connectivity index (χ1n) is 5.33. The summed E-state index contributed by atoms with van der Waals surface area (Å²) in [6.07, 6.45) is 6.39. The summed E-state index contributed by atoms with van der Waals surface area (Å²) in [5.74, 6) is 0. The lowest BCUT2D eigenvalue weighted by Crippen LogP contribution is -2.01. The van der Waals surface area contributed by atoms with Crippen LogP contribution in [-0.2, 0) is 6.54 Å². The molecule has 0 saturated carbocycles. The highest BCUT2D eigenvalue weighted by Gasteiger charge is 2.14. The smallest absolute Gasteiger partial charge is 0.107 e. The van der Waals surface area contributed by atoms with Gasteiger partial charge in [0.15, 0.2) is 0 Å². The number of nitrogens with zero attached hydrogens (tertiary/aromatic N) is 3. The second-order valence-electron chi connectivity index (χ2n) is 3.76. The van der Waals surface area contributed by atoms with E-state index in [0.717, 1.165) is 23.2 Å². The van der Waals surface area contributed by atoms with Crippen LogP contribution < -0.4 is 0 Å². The highest BCUT2D eigenvalue weighted by Crippen LogP contribution is 2.23. The summed E-state index contributed by atoms with van der Waals surface area (Å²) in [7, 11) is 0. The zero-order valence-corrected chi connectivity index (χ0v) is 9.46. The summed E-state index contributed by atoms with van der Waals surface area (Å²) in [6, 6.07) is 1.84. The van der Waals surface area contributed by atoms with Crippen LogP contribution in [0.25, 0.3) is 0 Å². The van der Waals surface area contributed by atoms with Crippen LogP contribution in [0.3, 0.4) is 0 Å². The van der Waals surface area contributed by atoms with Crippen molar-refractivity contribution >= 4 is 0 Å². The van der Waals surface area contributed by atoms with E-state index >= 15 is 0 Å². The van der Waals surface area contributed by atoms with Gasteiger partial charge in [-0.2, -0.15) is 5.10 Å². The maximum absolute atomic E-state index is 10.2. The van der Waals surface area contributed by atoms with Gasteiger partial charge in [-0.3, -0.25) is 9.67 Å². The minimum absolute atomic E-state index is 0.622. The van der Waals surface area contributed by atoms with Crippen LogP contribution in [0.15, 0.2) is 30.9 Å². The van der Waals surface area contributed by atoms with Gasteiger partial charge in [0, 0.05) is 30.7 Å². The summed E-state index contributed by atoms with van der Waals surface area (Å²) in [5, 5.41) is 14.4. The van der Waals surface area contributed by atoms with Crippen LogP contribution >= 0.6 is 0 Å². The normalized spacial score (nSPS) is 12.7. The molecule has 0 aliphatic heterocycles. The Morgan fingerprint density at radius 3 is 2.88 bits per heavy atom. The first-order chi connectivity index (χ1) is 7.72. The molecule has 84 valence electrons. The van der Waals surface area contributed by atoms with Crippen molar-refractivity contribution in [3.05, 3.63) is 47.5 Å². The molecule has 1 N–H and O–H groups in total. The second kappa shape index (κ2) is 4.45. The molecule has 0 aliphatic rings. The summed E-state index contributed by atoms with van der Waals surface area (Å²) < 4.78 is 1.80. The molecule has 0 radical (unpaired) electrons. The molecule has 0 spiro atoms. The van der Waals surface area contributed by atoms with Gasteiger partial charge < -0.3 is 5.11 Å². The van der Waals surface area contributed by atoms with Gasteiger partial charge in [-0.05, 0) is 31.0 Å². The predicted octanol–water partition coefficient (Wildman–Crippen LogP) is 1.69. The molecule has 0 saturated heterocycles. The van der Waals surface area contributed by atoms with Crippen molar-refractivity contribution in [3.8, 4) is 0 Å². The van der Waals surface area contributed by atoms with Gasteiger partial charge in [-0.1, -0.05) is 0 Å². The number of rotatable bonds is 3. The SMILES string of the molecule is CCn1cc(C(O)c2ccncc2C)cn1. The molecule has 2 rings (SSSR count). The first kappa shape index (κ1) is 10.8. The van der Waals surface area contributed by atoms with E-state index in [4.69, 9.17) is 0 Å². The molecule has 0 bridgehead atoms. The number of hydrogen-bond acceptors (Lipinski definition) is 3. The summed E-state index contributed by atoms with van der Waals surface area (Å²) in [6.45, 7) is 4.76. The first-order valence-corrected chi connectivity index (χ1v) is 5.33. The lowest BCUT2D eigenvalue weighted by atomic mass is 10.0. The standard InChI is InChI=1S/C12H15N3O/c1-3-15-8-10(7-14-15)12(16)11-4-5-13-6-9(11)2/h4-8,12,16H,3H2,1-2H3. The van der Waals surface area contributed by atoms with Gasteiger partial charge in [-0.25, -0.2) is 0 Å². The van der Waals surface area contributed by atoms with E-state index in [-0.39, 0.29) is 0 Å². The number of aryl methyl sites for hydroxylation is 2. The van der Waals surface area contributed by atoms with Crippen molar-refractivity contribution in [1.29, 1.82) is 0 Å². The zero-order chi connectivity index (χ0) is 11.5. The lowest BCUT2D eigenvalue weighted by molar-refractivity contribution is 0.219. The van der Waals surface area contributed by atoms with Crippen molar-refractivity contribution in [2.75, 3.05) is 0 Å². The molecular weight excluding hydrogens is 202 g/mol. The highest BCUT2D eigenvalue weighted by molar-refractivity contribution is 5.31. The molecule has 1 unspecified atom stereocenters. The maximum Gasteiger partial charge on any atom is 0.107 e. The molecule has 4 heteroatoms. The molecular formula is C12H15N3O. The third kappa shape index (κ3) is 1.97. The minimum atomic E-state index is -0.622. The summed E-state index contributed by atoms with van der Waals surface area (Å²) >= 11 is 0. The van der Waals surface area contributed by atoms with Crippen molar-refractivity contribution < 1.29 is 5.11 Å². The number of pyridine rings is 1. The van der Waals surface area contributed by atoms with Gasteiger partial charge >= 0.3 is 0 Å². The molecule has 1 atom stereocenters. The van der Waals surface area contributed by atoms with E-state index in [0.29, 0.717) is 0 Å². The molecule has 2 heterocycles. The van der Waals surface area contributed by atoms with Crippen LogP contribution in [0.4, 0.5) is 0 Å². The summed E-state index contributed by atoms with van der Waals surface area (Å²) in [5.41, 5.74) is 2.68. The van der Waals surface area contributed by atoms with Crippen molar-refractivity contribution in [2.24, 2.45) is 0 Å². The Bertz CT molecular complexity index is 479. The van der Waals surface area contributed by atoms with E-state index in [9.17, 15) is 5.11 Å². The molecule has 2 aromatic rings. The van der Waals surface area contributed by atoms with Gasteiger partial charge in [0.2, 0.25) is 0 Å². The molecule has 2 aromatic heterocycles. The fourth-order valence-electron chi connectivity index (χ4n) is 1.66. The van der Waals surface area contributed by atoms with Crippen LogP contribution in [0.1, 0.15) is 29.7 Å². The largest absolute Gasteiger partial charge is 0.384 e. The number of aliphatic hydroxyl groups is 1. The van der Waals surface area contributed by atoms with Gasteiger partial charge in [-0.15, -0.1) is 0 Å². The van der Waals surface area contributed by atoms with E-state index in [2.05, 4.69) is 10.1 Å². The number of hydrogen-bond donors (Lipinski definition) is 1. The van der Waals surface area contributed by atoms with E-state index in [1.54, 1.807) is 23.3 Å². The Morgan fingerprint density at radius 2 is 2.25 bits per heavy atom. The van der Waals surface area contributed by atoms with Crippen molar-refractivity contribution in [1.82, 2.24) is 14.8 Å². The topological polar surface area (TPSA) is 50.9 Å². The maximum atomic E-state index is 10.2. The Kier molecular flexibility index (Phi) is 3.01. The average molecular weight is 217 g/mol. The van der Waals surface area contributed by atoms with Crippen LogP contribution in [0.2, 0.25) is 0 Å². The second-order valence-corrected chi connectivity index (χ2v) is 3.76. The Hall–Kier alpha value is -1.68. The van der Waals surface area contributed by atoms with E-state index in [1.807, 2.05) is 26.1 Å². The quantitative estimate of drug-likeness (QED) is 0.851. The van der Waals surface area contributed by atoms with E-state index < -0.39 is 6.10 Å². The predicted molar refractivity (Wildman–Crippen MR) is 60.9 cm³/mol. The van der Waals surface area contributed by atoms with Crippen LogP contribution in [0, 0.1) is 6.92 Å². The fourth-order valence-corrected chi connectivity index (χ4v) is 1.66. The van der Waals surface area contributed by atoms with E-state index in [1.165, 1.54) is 0 Å². The Balaban J connectivity index is 2.31. The molecule has 0 fully saturated rings. The molecule has 0 amide bonds. The number of aromatic nitrogens is 3. The van der Waals surface area contributed by atoms with Gasteiger partial charge in [0.25, 0.3) is 0 Å². The molecule has 0 aliphatic carbocycles. The van der Waals surface area contributed by atoms with Gasteiger partial charge in [0.1, 0.15) is 6.10 Å². The highest BCUT2D eigenvalue weighted by atomic mass is 16.3. The third-order valence-corrected chi connectivity index (χ3v) is 2.65. The molecule has 4 nitrogen and oxygen atoms in total. The zero-order valence-electron chi connectivity index (χ0n) is 9.46. The fraction of sp³-hybridized carbons (Fsp3) is 0.333. The van der Waals surface area contributed by atoms with Crippen molar-refractivity contribution in [2.45, 2.75) is 26.5 Å². The minimum Gasteiger partial charge on any atom is -0.384 e. The van der Waals surface area contributed by atoms with Crippen LogP contribution in [0.5, 0.6) is 0 Å². The van der Waals surface area contributed by atoms with Crippen LogP contribution in [-0.4, -0.2) is 19.9 Å².